The largest absolute Gasteiger partial charge is 0.493 e. The number of hydrogen-bond acceptors (Lipinski definition) is 4. The lowest BCUT2D eigenvalue weighted by molar-refractivity contribution is -0.119. The van der Waals surface area contributed by atoms with Crippen molar-refractivity contribution in [3.63, 3.8) is 0 Å². The van der Waals surface area contributed by atoms with Crippen LogP contribution in [0.15, 0.2) is 18.2 Å². The zero-order chi connectivity index (χ0) is 17.9. The third-order valence-electron chi connectivity index (χ3n) is 2.93. The van der Waals surface area contributed by atoms with Gasteiger partial charge in [0.25, 0.3) is 0 Å². The van der Waals surface area contributed by atoms with E-state index < -0.39 is 0 Å². The average Bonchev–Trinajstić information content (AvgIpc) is 2.55. The fourth-order valence-electron chi connectivity index (χ4n) is 1.84. The van der Waals surface area contributed by atoms with Crippen LogP contribution in [0.3, 0.4) is 0 Å². The van der Waals surface area contributed by atoms with E-state index in [-0.39, 0.29) is 11.8 Å². The fraction of sp³-hybridized carbons (Fsp3) is 0.412. The van der Waals surface area contributed by atoms with Crippen molar-refractivity contribution in [2.45, 2.75) is 20.3 Å². The van der Waals surface area contributed by atoms with Gasteiger partial charge in [-0.15, -0.1) is 0 Å². The summed E-state index contributed by atoms with van der Waals surface area (Å²) in [6, 6.07) is 3.45. The second-order valence-electron chi connectivity index (χ2n) is 4.99. The van der Waals surface area contributed by atoms with Gasteiger partial charge in [-0.1, -0.05) is 18.5 Å². The molecule has 1 aromatic carbocycles. The molecule has 0 aliphatic carbocycles. The highest BCUT2D eigenvalue weighted by atomic mass is 35.5. The first-order valence-electron chi connectivity index (χ1n) is 7.68. The van der Waals surface area contributed by atoms with E-state index in [1.54, 1.807) is 18.2 Å². The molecule has 0 saturated carbocycles. The minimum Gasteiger partial charge on any atom is -0.493 e. The topological polar surface area (TPSA) is 76.7 Å². The van der Waals surface area contributed by atoms with Gasteiger partial charge >= 0.3 is 0 Å². The Morgan fingerprint density at radius 3 is 2.58 bits per heavy atom. The Hall–Kier alpha value is -2.21. The smallest absolute Gasteiger partial charge is 0.244 e. The molecule has 0 unspecified atom stereocenters. The molecule has 0 radical (unpaired) electrons. The summed E-state index contributed by atoms with van der Waals surface area (Å²) in [7, 11) is 1.53. The molecule has 2 amide bonds. The van der Waals surface area contributed by atoms with Crippen LogP contribution in [0.25, 0.3) is 6.08 Å². The van der Waals surface area contributed by atoms with Gasteiger partial charge in [0.15, 0.2) is 11.5 Å². The van der Waals surface area contributed by atoms with Crippen LogP contribution in [0.5, 0.6) is 11.5 Å². The molecule has 0 aliphatic heterocycles. The van der Waals surface area contributed by atoms with Crippen LogP contribution in [-0.2, 0) is 9.59 Å². The number of rotatable bonds is 9. The van der Waals surface area contributed by atoms with Crippen LogP contribution in [0.2, 0.25) is 5.02 Å². The summed E-state index contributed by atoms with van der Waals surface area (Å²) in [5, 5.41) is 5.68. The van der Waals surface area contributed by atoms with E-state index >= 15 is 0 Å². The summed E-state index contributed by atoms with van der Waals surface area (Å²) in [5.41, 5.74) is 0.720. The minimum atomic E-state index is -0.262. The fourth-order valence-corrected chi connectivity index (χ4v) is 2.11. The molecule has 1 aromatic rings. The van der Waals surface area contributed by atoms with Gasteiger partial charge in [0.05, 0.1) is 18.7 Å². The molecular weight excluding hydrogens is 332 g/mol. The molecule has 0 spiro atoms. The van der Waals surface area contributed by atoms with Crippen LogP contribution in [0.1, 0.15) is 25.8 Å². The molecule has 0 fully saturated rings. The van der Waals surface area contributed by atoms with Crippen molar-refractivity contribution in [2.24, 2.45) is 0 Å². The summed E-state index contributed by atoms with van der Waals surface area (Å²) in [4.78, 5) is 22.4. The number of halogens is 1. The molecule has 132 valence electrons. The van der Waals surface area contributed by atoms with Crippen LogP contribution in [0, 0.1) is 0 Å². The number of methoxy groups -OCH3 is 1. The number of benzene rings is 1. The van der Waals surface area contributed by atoms with E-state index in [0.29, 0.717) is 36.2 Å². The van der Waals surface area contributed by atoms with E-state index in [0.717, 1.165) is 12.0 Å². The normalized spacial score (nSPS) is 10.5. The first-order valence-corrected chi connectivity index (χ1v) is 8.06. The number of hydrogen-bond donors (Lipinski definition) is 2. The third kappa shape index (κ3) is 6.91. The SMILES string of the molecule is CCCOc1c(Cl)cc(/C=C/C(=O)NCCNC(C)=O)cc1OC. The molecule has 6 nitrogen and oxygen atoms in total. The molecule has 0 aliphatic rings. The minimum absolute atomic E-state index is 0.132. The van der Waals surface area contributed by atoms with E-state index in [9.17, 15) is 9.59 Å². The summed E-state index contributed by atoms with van der Waals surface area (Å²) in [6.45, 7) is 4.71. The maximum atomic E-state index is 11.7. The highest BCUT2D eigenvalue weighted by molar-refractivity contribution is 6.32. The maximum absolute atomic E-state index is 11.7. The number of ether oxygens (including phenoxy) is 2. The monoisotopic (exact) mass is 354 g/mol. The van der Waals surface area contributed by atoms with E-state index in [1.165, 1.54) is 20.1 Å². The number of amides is 2. The standard InChI is InChI=1S/C17H23ClN2O4/c1-4-9-24-17-14(18)10-13(11-15(17)23-3)5-6-16(22)20-8-7-19-12(2)21/h5-6,10-11H,4,7-9H2,1-3H3,(H,19,21)(H,20,22)/b6-5+. The highest BCUT2D eigenvalue weighted by Crippen LogP contribution is 2.36. The quantitative estimate of drug-likeness (QED) is 0.527. The van der Waals surface area contributed by atoms with Crippen molar-refractivity contribution in [1.82, 2.24) is 10.6 Å². The van der Waals surface area contributed by atoms with Crippen LogP contribution < -0.4 is 20.1 Å². The molecule has 0 aromatic heterocycles. The molecule has 24 heavy (non-hydrogen) atoms. The Kier molecular flexibility index (Phi) is 8.71. The van der Waals surface area contributed by atoms with Crippen molar-refractivity contribution < 1.29 is 19.1 Å². The summed E-state index contributed by atoms with van der Waals surface area (Å²) in [6.07, 6.45) is 3.89. The Morgan fingerprint density at radius 2 is 1.96 bits per heavy atom. The zero-order valence-electron chi connectivity index (χ0n) is 14.1. The van der Waals surface area contributed by atoms with Gasteiger partial charge in [0.1, 0.15) is 0 Å². The third-order valence-corrected chi connectivity index (χ3v) is 3.21. The molecule has 2 N–H and O–H groups in total. The lowest BCUT2D eigenvalue weighted by atomic mass is 10.2. The predicted molar refractivity (Wildman–Crippen MR) is 94.5 cm³/mol. The van der Waals surface area contributed by atoms with Gasteiger partial charge in [0.2, 0.25) is 11.8 Å². The van der Waals surface area contributed by atoms with Crippen molar-refractivity contribution in [2.75, 3.05) is 26.8 Å². The van der Waals surface area contributed by atoms with Crippen molar-refractivity contribution >= 4 is 29.5 Å². The predicted octanol–water partition coefficient (Wildman–Crippen LogP) is 2.40. The molecule has 0 bridgehead atoms. The average molecular weight is 355 g/mol. The maximum Gasteiger partial charge on any atom is 0.244 e. The van der Waals surface area contributed by atoms with Crippen LogP contribution >= 0.6 is 11.6 Å². The van der Waals surface area contributed by atoms with Crippen molar-refractivity contribution in [3.05, 3.63) is 28.8 Å². The van der Waals surface area contributed by atoms with E-state index in [2.05, 4.69) is 10.6 Å². The van der Waals surface area contributed by atoms with Crippen LogP contribution in [0.4, 0.5) is 0 Å². The van der Waals surface area contributed by atoms with Crippen LogP contribution in [-0.4, -0.2) is 38.6 Å². The molecular formula is C17H23ClN2O4. The lowest BCUT2D eigenvalue weighted by Crippen LogP contribution is -2.32. The van der Waals surface area contributed by atoms with Gasteiger partial charge in [-0.05, 0) is 30.2 Å². The Balaban J connectivity index is 2.68. The zero-order valence-corrected chi connectivity index (χ0v) is 14.9. The highest BCUT2D eigenvalue weighted by Gasteiger charge is 2.11. The Morgan fingerprint density at radius 1 is 1.25 bits per heavy atom. The lowest BCUT2D eigenvalue weighted by Gasteiger charge is -2.12. The van der Waals surface area contributed by atoms with Gasteiger partial charge < -0.3 is 20.1 Å². The molecule has 0 saturated heterocycles. The summed E-state index contributed by atoms with van der Waals surface area (Å²) in [5.74, 6) is 0.619. The molecule has 1 rings (SSSR count). The second-order valence-corrected chi connectivity index (χ2v) is 5.40. The van der Waals surface area contributed by atoms with Gasteiger partial charge in [-0.2, -0.15) is 0 Å². The van der Waals surface area contributed by atoms with Gasteiger partial charge in [-0.25, -0.2) is 0 Å². The Labute approximate surface area is 147 Å². The number of nitrogens with one attached hydrogen (secondary N) is 2. The molecule has 7 heteroatoms. The second kappa shape index (κ2) is 10.5. The van der Waals surface area contributed by atoms with Gasteiger partial charge in [0, 0.05) is 26.1 Å². The molecule has 0 heterocycles. The Bertz CT molecular complexity index is 602. The first kappa shape index (κ1) is 19.8. The number of carbonyl (C=O) groups excluding carboxylic acids is 2. The first-order chi connectivity index (χ1) is 11.5. The van der Waals surface area contributed by atoms with Crippen molar-refractivity contribution in [3.8, 4) is 11.5 Å². The number of carbonyl (C=O) groups is 2. The van der Waals surface area contributed by atoms with E-state index in [4.69, 9.17) is 21.1 Å². The summed E-state index contributed by atoms with van der Waals surface area (Å²) < 4.78 is 10.9. The van der Waals surface area contributed by atoms with E-state index in [1.807, 2.05) is 6.92 Å². The molecule has 0 atom stereocenters. The van der Waals surface area contributed by atoms with Gasteiger partial charge in [-0.3, -0.25) is 9.59 Å². The summed E-state index contributed by atoms with van der Waals surface area (Å²) >= 11 is 6.22. The van der Waals surface area contributed by atoms with Crippen molar-refractivity contribution in [1.29, 1.82) is 0 Å².